The third-order valence-electron chi connectivity index (χ3n) is 2.69. The number of rotatable bonds is 7. The lowest BCUT2D eigenvalue weighted by molar-refractivity contribution is -0.139. The molecule has 6 heteroatoms. The van der Waals surface area contributed by atoms with Gasteiger partial charge in [0.2, 0.25) is 0 Å². The number of ether oxygens (including phenoxy) is 2. The number of unbranched alkanes of at least 4 members (excludes halogenated alkanes) is 1. The van der Waals surface area contributed by atoms with E-state index in [4.69, 9.17) is 9.47 Å². The molecule has 0 aliphatic heterocycles. The number of alkyl carbamates (subject to hydrolysis) is 1. The molecule has 0 aliphatic rings. The summed E-state index contributed by atoms with van der Waals surface area (Å²) < 4.78 is 9.89. The van der Waals surface area contributed by atoms with Crippen molar-refractivity contribution in [1.82, 2.24) is 5.32 Å². The van der Waals surface area contributed by atoms with Gasteiger partial charge in [-0.25, -0.2) is 9.59 Å². The molecule has 1 unspecified atom stereocenters. The van der Waals surface area contributed by atoms with E-state index >= 15 is 0 Å². The van der Waals surface area contributed by atoms with E-state index in [1.54, 1.807) is 24.3 Å². The van der Waals surface area contributed by atoms with Gasteiger partial charge in [-0.2, -0.15) is 0 Å². The highest BCUT2D eigenvalue weighted by molar-refractivity contribution is 5.81. The molecule has 0 saturated carbocycles. The van der Waals surface area contributed by atoms with Crippen LogP contribution in [0.15, 0.2) is 24.3 Å². The topological polar surface area (TPSA) is 84.9 Å². The Hall–Kier alpha value is -2.24. The number of benzene rings is 1. The Kier molecular flexibility index (Phi) is 6.36. The Labute approximate surface area is 117 Å². The molecule has 1 aromatic rings. The van der Waals surface area contributed by atoms with E-state index < -0.39 is 18.1 Å². The van der Waals surface area contributed by atoms with Crippen molar-refractivity contribution >= 4 is 12.1 Å². The van der Waals surface area contributed by atoms with Gasteiger partial charge in [-0.15, -0.1) is 0 Å². The number of hydrogen-bond donors (Lipinski definition) is 2. The van der Waals surface area contributed by atoms with Crippen LogP contribution in [-0.2, 0) is 9.53 Å². The van der Waals surface area contributed by atoms with Crippen molar-refractivity contribution < 1.29 is 24.2 Å². The fraction of sp³-hybridized carbons (Fsp3) is 0.429. The second kappa shape index (κ2) is 8.04. The highest BCUT2D eigenvalue weighted by atomic mass is 16.5. The molecule has 2 N–H and O–H groups in total. The molecule has 0 radical (unpaired) electrons. The van der Waals surface area contributed by atoms with Gasteiger partial charge in [0.05, 0.1) is 13.7 Å². The third kappa shape index (κ3) is 4.79. The Morgan fingerprint density at radius 3 is 2.45 bits per heavy atom. The molecule has 20 heavy (non-hydrogen) atoms. The standard InChI is InChI=1S/C14H19NO5/c1-3-4-9-20-14(18)15-12(13(16)17)10-5-7-11(19-2)8-6-10/h5-8,12H,3-4,9H2,1-2H3,(H,15,18)(H,16,17). The summed E-state index contributed by atoms with van der Waals surface area (Å²) in [6.45, 7) is 2.25. The number of amides is 1. The summed E-state index contributed by atoms with van der Waals surface area (Å²) >= 11 is 0. The van der Waals surface area contributed by atoms with E-state index in [9.17, 15) is 14.7 Å². The van der Waals surface area contributed by atoms with Gasteiger partial charge in [-0.3, -0.25) is 0 Å². The molecular formula is C14H19NO5. The minimum Gasteiger partial charge on any atom is -0.497 e. The van der Waals surface area contributed by atoms with Crippen molar-refractivity contribution in [3.05, 3.63) is 29.8 Å². The Morgan fingerprint density at radius 1 is 1.30 bits per heavy atom. The summed E-state index contributed by atoms with van der Waals surface area (Å²) in [7, 11) is 1.52. The highest BCUT2D eigenvalue weighted by Crippen LogP contribution is 2.18. The first kappa shape index (κ1) is 15.8. The van der Waals surface area contributed by atoms with Crippen LogP contribution in [0.3, 0.4) is 0 Å². The van der Waals surface area contributed by atoms with E-state index in [0.717, 1.165) is 12.8 Å². The molecule has 1 atom stereocenters. The van der Waals surface area contributed by atoms with E-state index in [1.807, 2.05) is 6.92 Å². The van der Waals surface area contributed by atoms with E-state index in [0.29, 0.717) is 11.3 Å². The van der Waals surface area contributed by atoms with E-state index in [-0.39, 0.29) is 6.61 Å². The smallest absolute Gasteiger partial charge is 0.408 e. The summed E-state index contributed by atoms with van der Waals surface area (Å²) in [5, 5.41) is 11.5. The van der Waals surface area contributed by atoms with Gasteiger partial charge in [-0.1, -0.05) is 25.5 Å². The molecule has 1 amide bonds. The SMILES string of the molecule is CCCCOC(=O)NC(C(=O)O)c1ccc(OC)cc1. The zero-order chi connectivity index (χ0) is 15.0. The van der Waals surface area contributed by atoms with Gasteiger partial charge in [-0.05, 0) is 24.1 Å². The summed E-state index contributed by atoms with van der Waals surface area (Å²) in [5.41, 5.74) is 0.450. The number of carbonyl (C=O) groups is 2. The van der Waals surface area contributed by atoms with Crippen molar-refractivity contribution in [1.29, 1.82) is 0 Å². The zero-order valence-electron chi connectivity index (χ0n) is 11.6. The number of hydrogen-bond acceptors (Lipinski definition) is 4. The van der Waals surface area contributed by atoms with Crippen LogP contribution in [0.1, 0.15) is 31.4 Å². The average Bonchev–Trinajstić information content (AvgIpc) is 2.45. The number of methoxy groups -OCH3 is 1. The van der Waals surface area contributed by atoms with E-state index in [2.05, 4.69) is 5.32 Å². The Morgan fingerprint density at radius 2 is 1.95 bits per heavy atom. The van der Waals surface area contributed by atoms with Crippen LogP contribution in [0.5, 0.6) is 5.75 Å². The molecule has 6 nitrogen and oxygen atoms in total. The maximum atomic E-state index is 11.5. The monoisotopic (exact) mass is 281 g/mol. The first-order valence-corrected chi connectivity index (χ1v) is 6.38. The van der Waals surface area contributed by atoms with Crippen LogP contribution in [0.4, 0.5) is 4.79 Å². The molecule has 1 aromatic carbocycles. The lowest BCUT2D eigenvalue weighted by atomic mass is 10.1. The Balaban J connectivity index is 2.68. The van der Waals surface area contributed by atoms with Crippen molar-refractivity contribution in [3.63, 3.8) is 0 Å². The maximum absolute atomic E-state index is 11.5. The maximum Gasteiger partial charge on any atom is 0.408 e. The lowest BCUT2D eigenvalue weighted by Gasteiger charge is -2.15. The Bertz CT molecular complexity index is 443. The summed E-state index contributed by atoms with van der Waals surface area (Å²) in [5.74, 6) is -0.536. The first-order chi connectivity index (χ1) is 9.58. The van der Waals surface area contributed by atoms with Gasteiger partial charge in [0.1, 0.15) is 5.75 Å². The van der Waals surface area contributed by atoms with Gasteiger partial charge in [0, 0.05) is 0 Å². The molecule has 0 fully saturated rings. The van der Waals surface area contributed by atoms with Crippen LogP contribution < -0.4 is 10.1 Å². The van der Waals surface area contributed by atoms with Crippen molar-refractivity contribution in [3.8, 4) is 5.75 Å². The predicted molar refractivity (Wildman–Crippen MR) is 72.8 cm³/mol. The quantitative estimate of drug-likeness (QED) is 0.749. The molecule has 1 rings (SSSR count). The van der Waals surface area contributed by atoms with Gasteiger partial charge in [0.15, 0.2) is 6.04 Å². The highest BCUT2D eigenvalue weighted by Gasteiger charge is 2.22. The molecule has 0 heterocycles. The van der Waals surface area contributed by atoms with Crippen LogP contribution in [-0.4, -0.2) is 30.9 Å². The lowest BCUT2D eigenvalue weighted by Crippen LogP contribution is -2.34. The predicted octanol–water partition coefficient (Wildman–Crippen LogP) is 2.35. The summed E-state index contributed by atoms with van der Waals surface area (Å²) in [4.78, 5) is 22.7. The second-order valence-corrected chi connectivity index (χ2v) is 4.18. The van der Waals surface area contributed by atoms with Gasteiger partial charge < -0.3 is 19.9 Å². The number of carboxylic acid groups (broad SMARTS) is 1. The average molecular weight is 281 g/mol. The molecule has 0 saturated heterocycles. The van der Waals surface area contributed by atoms with Crippen molar-refractivity contribution in [2.24, 2.45) is 0 Å². The minimum absolute atomic E-state index is 0.275. The molecule has 0 aliphatic carbocycles. The fourth-order valence-corrected chi connectivity index (χ4v) is 1.55. The van der Waals surface area contributed by atoms with Crippen LogP contribution in [0.25, 0.3) is 0 Å². The summed E-state index contributed by atoms with van der Waals surface area (Å²) in [6.07, 6.45) is 0.906. The zero-order valence-corrected chi connectivity index (χ0v) is 11.6. The molecule has 0 bridgehead atoms. The number of carboxylic acids is 1. The minimum atomic E-state index is -1.15. The number of carbonyl (C=O) groups excluding carboxylic acids is 1. The largest absolute Gasteiger partial charge is 0.497 e. The summed E-state index contributed by atoms with van der Waals surface area (Å²) in [6, 6.07) is 5.30. The third-order valence-corrected chi connectivity index (χ3v) is 2.69. The van der Waals surface area contributed by atoms with Crippen LogP contribution in [0, 0.1) is 0 Å². The van der Waals surface area contributed by atoms with E-state index in [1.165, 1.54) is 7.11 Å². The number of aliphatic carboxylic acids is 1. The molecular weight excluding hydrogens is 262 g/mol. The normalized spacial score (nSPS) is 11.5. The van der Waals surface area contributed by atoms with Crippen molar-refractivity contribution in [2.45, 2.75) is 25.8 Å². The number of nitrogens with one attached hydrogen (secondary N) is 1. The second-order valence-electron chi connectivity index (χ2n) is 4.18. The molecule has 0 aromatic heterocycles. The van der Waals surface area contributed by atoms with Gasteiger partial charge in [0.25, 0.3) is 0 Å². The molecule has 0 spiro atoms. The van der Waals surface area contributed by atoms with Crippen molar-refractivity contribution in [2.75, 3.05) is 13.7 Å². The molecule has 110 valence electrons. The van der Waals surface area contributed by atoms with Crippen LogP contribution >= 0.6 is 0 Å². The fourth-order valence-electron chi connectivity index (χ4n) is 1.55. The van der Waals surface area contributed by atoms with Gasteiger partial charge >= 0.3 is 12.1 Å². The first-order valence-electron chi connectivity index (χ1n) is 6.38. The van der Waals surface area contributed by atoms with Crippen LogP contribution in [0.2, 0.25) is 0 Å².